The Morgan fingerprint density at radius 1 is 1.32 bits per heavy atom. The summed E-state index contributed by atoms with van der Waals surface area (Å²) in [5.41, 5.74) is 1.47. The van der Waals surface area contributed by atoms with Crippen LogP contribution in [0.4, 0.5) is 5.69 Å². The summed E-state index contributed by atoms with van der Waals surface area (Å²) in [6, 6.07) is 8.77. The molecule has 1 aromatic rings. The van der Waals surface area contributed by atoms with Crippen molar-refractivity contribution in [2.75, 3.05) is 16.8 Å². The van der Waals surface area contributed by atoms with E-state index in [2.05, 4.69) is 45.1 Å². The zero-order valence-corrected chi connectivity index (χ0v) is 13.2. The number of nitrogens with one attached hydrogen (secondary N) is 1. The lowest BCUT2D eigenvalue weighted by molar-refractivity contribution is 0.242. The molecular weight excluding hydrogens is 254 g/mol. The smallest absolute Gasteiger partial charge is 0.142 e. The van der Waals surface area contributed by atoms with Crippen molar-refractivity contribution in [1.29, 1.82) is 0 Å². The van der Waals surface area contributed by atoms with Gasteiger partial charge in [0, 0.05) is 11.8 Å². The minimum absolute atomic E-state index is 0.205. The summed E-state index contributed by atoms with van der Waals surface area (Å²) in [6.07, 6.45) is 1.47. The highest BCUT2D eigenvalue weighted by Gasteiger charge is 2.32. The molecule has 3 heteroatoms. The van der Waals surface area contributed by atoms with Crippen molar-refractivity contribution in [1.82, 2.24) is 0 Å². The Balaban J connectivity index is 2.13. The highest BCUT2D eigenvalue weighted by Crippen LogP contribution is 2.37. The van der Waals surface area contributed by atoms with Gasteiger partial charge in [-0.15, -0.1) is 0 Å². The van der Waals surface area contributed by atoms with Crippen LogP contribution >= 0.6 is 11.8 Å². The summed E-state index contributed by atoms with van der Waals surface area (Å²) < 4.78 is 5.89. The monoisotopic (exact) mass is 279 g/mol. The molecule has 1 aliphatic heterocycles. The quantitative estimate of drug-likeness (QED) is 0.881. The Hall–Kier alpha value is -0.830. The number of rotatable bonds is 4. The fourth-order valence-electron chi connectivity index (χ4n) is 2.30. The molecule has 1 aromatic carbocycles. The molecule has 0 amide bonds. The second-order valence-electron chi connectivity index (χ2n) is 6.17. The van der Waals surface area contributed by atoms with E-state index in [0.29, 0.717) is 11.5 Å². The van der Waals surface area contributed by atoms with Gasteiger partial charge >= 0.3 is 0 Å². The molecule has 2 rings (SSSR count). The number of para-hydroxylation sites is 2. The van der Waals surface area contributed by atoms with Crippen molar-refractivity contribution in [2.45, 2.75) is 46.3 Å². The number of ether oxygens (including phenoxy) is 1. The summed E-state index contributed by atoms with van der Waals surface area (Å²) in [5.74, 6) is 3.40. The van der Waals surface area contributed by atoms with E-state index in [4.69, 9.17) is 4.74 Å². The fourth-order valence-corrected chi connectivity index (χ4v) is 3.91. The number of thioether (sulfide) groups is 1. The summed E-state index contributed by atoms with van der Waals surface area (Å²) in [5, 5.41) is 3.70. The van der Waals surface area contributed by atoms with Crippen molar-refractivity contribution < 1.29 is 4.74 Å². The van der Waals surface area contributed by atoms with Crippen molar-refractivity contribution >= 4 is 17.4 Å². The zero-order valence-electron chi connectivity index (χ0n) is 12.4. The minimum Gasteiger partial charge on any atom is -0.489 e. The lowest BCUT2D eigenvalue weighted by Gasteiger charge is -2.39. The molecule has 1 saturated heterocycles. The van der Waals surface area contributed by atoms with E-state index in [9.17, 15) is 0 Å². The second-order valence-corrected chi connectivity index (χ2v) is 7.32. The van der Waals surface area contributed by atoms with Gasteiger partial charge in [0.15, 0.2) is 0 Å². The molecule has 106 valence electrons. The van der Waals surface area contributed by atoms with Crippen LogP contribution in [0.25, 0.3) is 0 Å². The zero-order chi connectivity index (χ0) is 13.9. The van der Waals surface area contributed by atoms with Crippen LogP contribution < -0.4 is 10.1 Å². The van der Waals surface area contributed by atoms with Crippen LogP contribution in [0.15, 0.2) is 24.3 Å². The average molecular weight is 279 g/mol. The lowest BCUT2D eigenvalue weighted by atomic mass is 9.82. The molecule has 1 fully saturated rings. The largest absolute Gasteiger partial charge is 0.489 e. The van der Waals surface area contributed by atoms with E-state index in [0.717, 1.165) is 11.4 Å². The molecule has 0 aliphatic carbocycles. The Bertz CT molecular complexity index is 417. The van der Waals surface area contributed by atoms with Gasteiger partial charge in [-0.1, -0.05) is 26.0 Å². The van der Waals surface area contributed by atoms with E-state index >= 15 is 0 Å². The van der Waals surface area contributed by atoms with Crippen LogP contribution in [0.2, 0.25) is 0 Å². The molecule has 19 heavy (non-hydrogen) atoms. The topological polar surface area (TPSA) is 21.3 Å². The molecule has 1 aliphatic rings. The van der Waals surface area contributed by atoms with Crippen LogP contribution in [-0.4, -0.2) is 23.7 Å². The Kier molecular flexibility index (Phi) is 4.67. The maximum absolute atomic E-state index is 5.89. The molecule has 1 unspecified atom stereocenters. The second kappa shape index (κ2) is 6.08. The third-order valence-corrected chi connectivity index (χ3v) is 4.76. The predicted octanol–water partition coefficient (Wildman–Crippen LogP) is 4.42. The fraction of sp³-hybridized carbons (Fsp3) is 0.625. The minimum atomic E-state index is 0.205. The standard InChI is InChI=1S/C16H25NOS/c1-12(2)18-14-8-6-5-7-13(14)17-15-11-19-10-9-16(15,3)4/h5-8,12,15,17H,9-11H2,1-4H3. The molecule has 0 bridgehead atoms. The van der Waals surface area contributed by atoms with Crippen LogP contribution in [-0.2, 0) is 0 Å². The van der Waals surface area contributed by atoms with E-state index < -0.39 is 0 Å². The first-order valence-electron chi connectivity index (χ1n) is 7.09. The number of hydrogen-bond donors (Lipinski definition) is 1. The lowest BCUT2D eigenvalue weighted by Crippen LogP contribution is -2.41. The van der Waals surface area contributed by atoms with E-state index in [1.165, 1.54) is 17.9 Å². The molecule has 1 N–H and O–H groups in total. The van der Waals surface area contributed by atoms with Gasteiger partial charge in [0.2, 0.25) is 0 Å². The van der Waals surface area contributed by atoms with Gasteiger partial charge < -0.3 is 10.1 Å². The van der Waals surface area contributed by atoms with Crippen molar-refractivity contribution in [3.8, 4) is 5.75 Å². The van der Waals surface area contributed by atoms with E-state index in [-0.39, 0.29) is 6.10 Å². The van der Waals surface area contributed by atoms with Crippen molar-refractivity contribution in [2.24, 2.45) is 5.41 Å². The van der Waals surface area contributed by atoms with Gasteiger partial charge in [-0.3, -0.25) is 0 Å². The summed E-state index contributed by atoms with van der Waals surface area (Å²) in [4.78, 5) is 0. The van der Waals surface area contributed by atoms with E-state index in [1.807, 2.05) is 23.9 Å². The van der Waals surface area contributed by atoms with Crippen LogP contribution in [0.3, 0.4) is 0 Å². The average Bonchev–Trinajstić information content (AvgIpc) is 2.33. The highest BCUT2D eigenvalue weighted by molar-refractivity contribution is 7.99. The number of hydrogen-bond acceptors (Lipinski definition) is 3. The molecule has 0 saturated carbocycles. The molecule has 1 heterocycles. The van der Waals surface area contributed by atoms with Crippen molar-refractivity contribution in [3.05, 3.63) is 24.3 Å². The normalized spacial score (nSPS) is 22.3. The number of benzene rings is 1. The Morgan fingerprint density at radius 2 is 2.05 bits per heavy atom. The maximum Gasteiger partial charge on any atom is 0.142 e. The molecule has 0 spiro atoms. The van der Waals surface area contributed by atoms with Crippen LogP contribution in [0, 0.1) is 5.41 Å². The predicted molar refractivity (Wildman–Crippen MR) is 85.3 cm³/mol. The first kappa shape index (κ1) is 14.6. The van der Waals surface area contributed by atoms with Gasteiger partial charge in [-0.05, 0) is 43.6 Å². The Morgan fingerprint density at radius 3 is 2.74 bits per heavy atom. The molecule has 0 radical (unpaired) electrons. The molecule has 0 aromatic heterocycles. The summed E-state index contributed by atoms with van der Waals surface area (Å²) >= 11 is 2.04. The highest BCUT2D eigenvalue weighted by atomic mass is 32.2. The van der Waals surface area contributed by atoms with Gasteiger partial charge in [0.05, 0.1) is 11.8 Å². The van der Waals surface area contributed by atoms with Gasteiger partial charge in [0.1, 0.15) is 5.75 Å². The maximum atomic E-state index is 5.89. The van der Waals surface area contributed by atoms with Gasteiger partial charge in [0.25, 0.3) is 0 Å². The molecular formula is C16H25NOS. The van der Waals surface area contributed by atoms with E-state index in [1.54, 1.807) is 0 Å². The molecule has 2 nitrogen and oxygen atoms in total. The summed E-state index contributed by atoms with van der Waals surface area (Å²) in [6.45, 7) is 8.85. The number of anilines is 1. The Labute approximate surface area is 121 Å². The third kappa shape index (κ3) is 3.82. The third-order valence-electron chi connectivity index (χ3n) is 3.70. The SMILES string of the molecule is CC(C)Oc1ccccc1NC1CSCCC1(C)C. The summed E-state index contributed by atoms with van der Waals surface area (Å²) in [7, 11) is 0. The van der Waals surface area contributed by atoms with Gasteiger partial charge in [-0.25, -0.2) is 0 Å². The van der Waals surface area contributed by atoms with Gasteiger partial charge in [-0.2, -0.15) is 11.8 Å². The van der Waals surface area contributed by atoms with Crippen molar-refractivity contribution in [3.63, 3.8) is 0 Å². The first-order valence-corrected chi connectivity index (χ1v) is 8.24. The first-order chi connectivity index (χ1) is 8.99. The van der Waals surface area contributed by atoms with Crippen LogP contribution in [0.5, 0.6) is 5.75 Å². The van der Waals surface area contributed by atoms with Crippen LogP contribution in [0.1, 0.15) is 34.1 Å². The molecule has 1 atom stereocenters.